The number of aromatic amines is 1. The highest BCUT2D eigenvalue weighted by atomic mass is 32.1. The smallest absolute Gasteiger partial charge is 0.285 e. The van der Waals surface area contributed by atoms with E-state index in [4.69, 9.17) is 0 Å². The number of thiazole rings is 1. The number of amides is 2. The van der Waals surface area contributed by atoms with E-state index in [0.717, 1.165) is 11.3 Å². The van der Waals surface area contributed by atoms with E-state index in [1.807, 2.05) is 9.95 Å². The topological polar surface area (TPSA) is 96.3 Å². The Morgan fingerprint density at radius 2 is 1.94 bits per heavy atom. The Labute approximate surface area is 190 Å². The molecule has 2 amide bonds. The standard InChI is InChI=1S/C24H28N4O3S/c1-15(2)18-6-8-19(9-7-18)21-14-32-24(28(21)11-5-10-25-17(4)29)27-23(31)20-13-26-16(3)12-22(20)30/h6-9,12-15H,5,10-11H2,1-4H3,(H,25,29)(H,26,30). The number of hydrogen-bond donors (Lipinski definition) is 2. The SMILES string of the molecule is CC(=O)NCCCn1c(-c2ccc(C(C)C)cc2)csc1=NC(=O)c1c[nH]c(C)cc1=O. The molecule has 0 saturated heterocycles. The number of H-pyrrole nitrogens is 1. The summed E-state index contributed by atoms with van der Waals surface area (Å²) >= 11 is 1.35. The van der Waals surface area contributed by atoms with Gasteiger partial charge in [0.05, 0.1) is 5.69 Å². The van der Waals surface area contributed by atoms with Crippen LogP contribution in [-0.4, -0.2) is 27.9 Å². The number of carbonyl (C=O) groups is 2. The molecule has 0 saturated carbocycles. The van der Waals surface area contributed by atoms with Crippen molar-refractivity contribution in [3.05, 3.63) is 73.8 Å². The summed E-state index contributed by atoms with van der Waals surface area (Å²) in [5.41, 5.74) is 3.55. The molecule has 0 fully saturated rings. The first-order valence-corrected chi connectivity index (χ1v) is 11.5. The molecule has 0 aliphatic heterocycles. The van der Waals surface area contributed by atoms with Crippen molar-refractivity contribution in [1.29, 1.82) is 0 Å². The molecule has 0 unspecified atom stereocenters. The number of aromatic nitrogens is 2. The summed E-state index contributed by atoms with van der Waals surface area (Å²) in [7, 11) is 0. The first kappa shape index (κ1) is 23.4. The monoisotopic (exact) mass is 452 g/mol. The summed E-state index contributed by atoms with van der Waals surface area (Å²) in [5, 5.41) is 4.76. The second kappa shape index (κ2) is 10.4. The van der Waals surface area contributed by atoms with Gasteiger partial charge in [-0.3, -0.25) is 14.4 Å². The van der Waals surface area contributed by atoms with Gasteiger partial charge in [0.25, 0.3) is 5.91 Å². The molecule has 0 spiro atoms. The van der Waals surface area contributed by atoms with Crippen molar-refractivity contribution in [3.8, 4) is 11.3 Å². The molecule has 168 valence electrons. The zero-order valence-corrected chi connectivity index (χ0v) is 19.6. The van der Waals surface area contributed by atoms with E-state index < -0.39 is 5.91 Å². The number of nitrogens with zero attached hydrogens (tertiary/aromatic N) is 2. The number of pyridine rings is 1. The fraction of sp³-hybridized carbons (Fsp3) is 0.333. The number of hydrogen-bond acceptors (Lipinski definition) is 4. The summed E-state index contributed by atoms with van der Waals surface area (Å²) in [6, 6.07) is 9.73. The van der Waals surface area contributed by atoms with Gasteiger partial charge in [0, 0.05) is 43.4 Å². The molecule has 8 heteroatoms. The Morgan fingerprint density at radius 1 is 1.22 bits per heavy atom. The molecule has 2 aromatic heterocycles. The van der Waals surface area contributed by atoms with Gasteiger partial charge < -0.3 is 14.9 Å². The molecule has 2 N–H and O–H groups in total. The highest BCUT2D eigenvalue weighted by Crippen LogP contribution is 2.23. The largest absolute Gasteiger partial charge is 0.364 e. The van der Waals surface area contributed by atoms with E-state index in [0.29, 0.717) is 35.9 Å². The van der Waals surface area contributed by atoms with Crippen LogP contribution in [0, 0.1) is 6.92 Å². The van der Waals surface area contributed by atoms with Crippen LogP contribution in [0.1, 0.15) is 54.7 Å². The van der Waals surface area contributed by atoms with E-state index in [-0.39, 0.29) is 16.9 Å². The van der Waals surface area contributed by atoms with Gasteiger partial charge >= 0.3 is 0 Å². The lowest BCUT2D eigenvalue weighted by molar-refractivity contribution is -0.118. The van der Waals surface area contributed by atoms with Gasteiger partial charge in [-0.2, -0.15) is 4.99 Å². The maximum absolute atomic E-state index is 12.7. The molecule has 3 aromatic rings. The van der Waals surface area contributed by atoms with E-state index in [1.165, 1.54) is 36.1 Å². The van der Waals surface area contributed by atoms with Crippen LogP contribution >= 0.6 is 11.3 Å². The predicted molar refractivity (Wildman–Crippen MR) is 127 cm³/mol. The Balaban J connectivity index is 1.99. The molecule has 0 radical (unpaired) electrons. The van der Waals surface area contributed by atoms with Crippen molar-refractivity contribution in [2.75, 3.05) is 6.54 Å². The summed E-state index contributed by atoms with van der Waals surface area (Å²) < 4.78 is 1.97. The van der Waals surface area contributed by atoms with Gasteiger partial charge in [0.1, 0.15) is 5.56 Å². The lowest BCUT2D eigenvalue weighted by atomic mass is 10.0. The minimum atomic E-state index is -0.578. The Morgan fingerprint density at radius 3 is 2.56 bits per heavy atom. The van der Waals surface area contributed by atoms with Crippen LogP contribution in [0.2, 0.25) is 0 Å². The van der Waals surface area contributed by atoms with Crippen LogP contribution in [0.4, 0.5) is 0 Å². The minimum Gasteiger partial charge on any atom is -0.364 e. The predicted octanol–water partition coefficient (Wildman–Crippen LogP) is 3.60. The second-order valence-corrected chi connectivity index (χ2v) is 8.82. The minimum absolute atomic E-state index is 0.0108. The number of carbonyl (C=O) groups excluding carboxylic acids is 2. The Bertz CT molecular complexity index is 1230. The number of rotatable bonds is 7. The quantitative estimate of drug-likeness (QED) is 0.536. The maximum Gasteiger partial charge on any atom is 0.285 e. The number of nitrogens with one attached hydrogen (secondary N) is 2. The lowest BCUT2D eigenvalue weighted by Crippen LogP contribution is -2.25. The van der Waals surface area contributed by atoms with Crippen molar-refractivity contribution in [2.45, 2.75) is 46.6 Å². The first-order valence-electron chi connectivity index (χ1n) is 10.6. The fourth-order valence-electron chi connectivity index (χ4n) is 3.29. The van der Waals surface area contributed by atoms with Crippen LogP contribution in [0.25, 0.3) is 11.3 Å². The zero-order valence-electron chi connectivity index (χ0n) is 18.8. The van der Waals surface area contributed by atoms with Crippen LogP contribution in [0.3, 0.4) is 0 Å². The van der Waals surface area contributed by atoms with Gasteiger partial charge in [0.2, 0.25) is 5.91 Å². The molecule has 2 heterocycles. The molecule has 0 bridgehead atoms. The molecular formula is C24H28N4O3S. The third-order valence-electron chi connectivity index (χ3n) is 5.09. The average molecular weight is 453 g/mol. The van der Waals surface area contributed by atoms with Crippen molar-refractivity contribution < 1.29 is 9.59 Å². The first-order chi connectivity index (χ1) is 15.3. The maximum atomic E-state index is 12.7. The normalized spacial score (nSPS) is 11.7. The summed E-state index contributed by atoms with van der Waals surface area (Å²) in [4.78, 5) is 43.8. The number of benzene rings is 1. The summed E-state index contributed by atoms with van der Waals surface area (Å²) in [6.07, 6.45) is 2.09. The van der Waals surface area contributed by atoms with E-state index in [2.05, 4.69) is 53.4 Å². The molecule has 0 aliphatic rings. The zero-order chi connectivity index (χ0) is 23.3. The van der Waals surface area contributed by atoms with E-state index in [1.54, 1.807) is 6.92 Å². The highest BCUT2D eigenvalue weighted by molar-refractivity contribution is 7.07. The Hall–Kier alpha value is -3.26. The van der Waals surface area contributed by atoms with Crippen molar-refractivity contribution in [2.24, 2.45) is 4.99 Å². The van der Waals surface area contributed by atoms with Crippen LogP contribution in [0.15, 0.2) is 51.7 Å². The average Bonchev–Trinajstić information content (AvgIpc) is 3.13. The molecule has 3 rings (SSSR count). The van der Waals surface area contributed by atoms with Gasteiger partial charge in [-0.15, -0.1) is 11.3 Å². The summed E-state index contributed by atoms with van der Waals surface area (Å²) in [5.74, 6) is -0.221. The fourth-order valence-corrected chi connectivity index (χ4v) is 4.23. The molecule has 0 atom stereocenters. The van der Waals surface area contributed by atoms with Gasteiger partial charge in [0.15, 0.2) is 10.2 Å². The van der Waals surface area contributed by atoms with E-state index >= 15 is 0 Å². The van der Waals surface area contributed by atoms with Gasteiger partial charge in [-0.25, -0.2) is 0 Å². The highest BCUT2D eigenvalue weighted by Gasteiger charge is 2.13. The van der Waals surface area contributed by atoms with Crippen molar-refractivity contribution in [3.63, 3.8) is 0 Å². The molecule has 32 heavy (non-hydrogen) atoms. The molecule has 7 nitrogen and oxygen atoms in total. The van der Waals surface area contributed by atoms with Crippen molar-refractivity contribution >= 4 is 23.2 Å². The van der Waals surface area contributed by atoms with Crippen molar-refractivity contribution in [1.82, 2.24) is 14.9 Å². The summed E-state index contributed by atoms with van der Waals surface area (Å²) in [6.45, 7) is 8.63. The molecule has 1 aromatic carbocycles. The van der Waals surface area contributed by atoms with Crippen LogP contribution < -0.4 is 15.5 Å². The Kier molecular flexibility index (Phi) is 7.58. The number of aryl methyl sites for hydroxylation is 1. The van der Waals surface area contributed by atoms with Crippen LogP contribution in [0.5, 0.6) is 0 Å². The lowest BCUT2D eigenvalue weighted by Gasteiger charge is -2.11. The molecular weight excluding hydrogens is 424 g/mol. The molecule has 0 aliphatic carbocycles. The van der Waals surface area contributed by atoms with E-state index in [9.17, 15) is 14.4 Å². The van der Waals surface area contributed by atoms with Gasteiger partial charge in [-0.1, -0.05) is 38.1 Å². The third kappa shape index (κ3) is 5.70. The third-order valence-corrected chi connectivity index (χ3v) is 5.95. The second-order valence-electron chi connectivity index (χ2n) is 7.98. The van der Waals surface area contributed by atoms with Crippen LogP contribution in [-0.2, 0) is 11.3 Å². The van der Waals surface area contributed by atoms with Gasteiger partial charge in [-0.05, 0) is 30.4 Å².